The zero-order valence-corrected chi connectivity index (χ0v) is 22.4. The van der Waals surface area contributed by atoms with Crippen molar-refractivity contribution in [3.05, 3.63) is 70.5 Å². The summed E-state index contributed by atoms with van der Waals surface area (Å²) in [5, 5.41) is 10.8. The number of aliphatic hydroxyl groups is 1. The van der Waals surface area contributed by atoms with Crippen molar-refractivity contribution < 1.29 is 28.5 Å². The second kappa shape index (κ2) is 14.3. The summed E-state index contributed by atoms with van der Waals surface area (Å²) >= 11 is 0. The number of hydrogen-bond donors (Lipinski definition) is 1. The smallest absolute Gasteiger partial charge is 0.330 e. The molecule has 0 radical (unpaired) electrons. The zero-order chi connectivity index (χ0) is 26.8. The quantitative estimate of drug-likeness (QED) is 0.291. The number of β-amino-alcohol motifs (C(OH)–C–C–N with tert-alkyl or cyclic N) is 1. The summed E-state index contributed by atoms with van der Waals surface area (Å²) in [6.07, 6.45) is 4.97. The summed E-state index contributed by atoms with van der Waals surface area (Å²) in [5.41, 5.74) is 3.32. The number of aliphatic hydroxyl groups excluding tert-OH is 1. The van der Waals surface area contributed by atoms with E-state index in [1.54, 1.807) is 26.0 Å². The van der Waals surface area contributed by atoms with Gasteiger partial charge in [0.05, 0.1) is 32.0 Å². The number of carbonyl (C=O) groups excluding carboxylic acids is 1. The van der Waals surface area contributed by atoms with Crippen molar-refractivity contribution in [2.45, 2.75) is 65.2 Å². The van der Waals surface area contributed by atoms with Crippen LogP contribution in [0, 0.1) is 12.7 Å². The molecule has 0 aromatic heterocycles. The molecule has 0 amide bonds. The molecule has 7 heteroatoms. The molecule has 1 fully saturated rings. The molecular formula is C30H40FNO5. The molecule has 0 spiro atoms. The normalized spacial score (nSPS) is 17.7. The van der Waals surface area contributed by atoms with Crippen molar-refractivity contribution in [2.75, 3.05) is 32.9 Å². The van der Waals surface area contributed by atoms with Gasteiger partial charge in [0.2, 0.25) is 0 Å². The second-order valence-electron chi connectivity index (χ2n) is 9.52. The summed E-state index contributed by atoms with van der Waals surface area (Å²) in [6, 6.07) is 11.4. The van der Waals surface area contributed by atoms with Gasteiger partial charge in [0.1, 0.15) is 11.6 Å². The summed E-state index contributed by atoms with van der Waals surface area (Å²) in [5.74, 6) is 0.142. The molecular weight excluding hydrogens is 473 g/mol. The molecule has 0 bridgehead atoms. The van der Waals surface area contributed by atoms with E-state index >= 15 is 0 Å². The lowest BCUT2D eigenvalue weighted by Crippen LogP contribution is -2.39. The molecule has 3 atom stereocenters. The summed E-state index contributed by atoms with van der Waals surface area (Å²) in [7, 11) is 0. The number of hydrogen-bond acceptors (Lipinski definition) is 6. The van der Waals surface area contributed by atoms with Gasteiger partial charge >= 0.3 is 5.97 Å². The van der Waals surface area contributed by atoms with Gasteiger partial charge in [-0.1, -0.05) is 18.2 Å². The fourth-order valence-corrected chi connectivity index (χ4v) is 4.73. The van der Waals surface area contributed by atoms with Crippen LogP contribution in [0.5, 0.6) is 5.75 Å². The van der Waals surface area contributed by atoms with Crippen LogP contribution in [0.25, 0.3) is 6.08 Å². The van der Waals surface area contributed by atoms with Crippen LogP contribution in [-0.2, 0) is 20.7 Å². The van der Waals surface area contributed by atoms with E-state index in [2.05, 4.69) is 4.90 Å². The van der Waals surface area contributed by atoms with E-state index in [1.165, 1.54) is 6.08 Å². The highest BCUT2D eigenvalue weighted by molar-refractivity contribution is 5.87. The Balaban J connectivity index is 1.60. The Bertz CT molecular complexity index is 1060. The highest BCUT2D eigenvalue weighted by Crippen LogP contribution is 2.28. The largest absolute Gasteiger partial charge is 0.494 e. The summed E-state index contributed by atoms with van der Waals surface area (Å²) < 4.78 is 30.7. The maximum Gasteiger partial charge on any atom is 0.330 e. The Morgan fingerprint density at radius 2 is 2.03 bits per heavy atom. The molecule has 1 aliphatic heterocycles. The van der Waals surface area contributed by atoms with Crippen LogP contribution < -0.4 is 4.74 Å². The van der Waals surface area contributed by atoms with Crippen molar-refractivity contribution in [1.29, 1.82) is 0 Å². The molecule has 1 aliphatic rings. The van der Waals surface area contributed by atoms with Crippen LogP contribution >= 0.6 is 0 Å². The third-order valence-electron chi connectivity index (χ3n) is 6.68. The van der Waals surface area contributed by atoms with Crippen molar-refractivity contribution in [3.8, 4) is 5.75 Å². The lowest BCUT2D eigenvalue weighted by atomic mass is 10.0. The average Bonchev–Trinajstić information content (AvgIpc) is 3.30. The van der Waals surface area contributed by atoms with Gasteiger partial charge in [0.25, 0.3) is 0 Å². The first kappa shape index (κ1) is 28.8. The molecule has 6 nitrogen and oxygen atoms in total. The number of halogens is 1. The fraction of sp³-hybridized carbons (Fsp3) is 0.500. The lowest BCUT2D eigenvalue weighted by Gasteiger charge is -2.27. The molecule has 0 unspecified atom stereocenters. The van der Waals surface area contributed by atoms with Gasteiger partial charge in [-0.3, -0.25) is 4.90 Å². The van der Waals surface area contributed by atoms with Crippen LogP contribution in [0.2, 0.25) is 0 Å². The van der Waals surface area contributed by atoms with Gasteiger partial charge in [-0.25, -0.2) is 9.18 Å². The minimum Gasteiger partial charge on any atom is -0.494 e. The van der Waals surface area contributed by atoms with Crippen LogP contribution in [-0.4, -0.2) is 61.0 Å². The molecule has 1 N–H and O–H groups in total. The summed E-state index contributed by atoms with van der Waals surface area (Å²) in [6.45, 7) is 9.81. The number of aryl methyl sites for hydroxylation is 1. The van der Waals surface area contributed by atoms with E-state index in [1.807, 2.05) is 44.2 Å². The Morgan fingerprint density at radius 3 is 2.76 bits per heavy atom. The Morgan fingerprint density at radius 1 is 1.22 bits per heavy atom. The fourth-order valence-electron chi connectivity index (χ4n) is 4.73. The average molecular weight is 514 g/mol. The molecule has 0 saturated carbocycles. The lowest BCUT2D eigenvalue weighted by molar-refractivity contribution is -0.137. The maximum atomic E-state index is 14.0. The van der Waals surface area contributed by atoms with Crippen molar-refractivity contribution >= 4 is 12.0 Å². The summed E-state index contributed by atoms with van der Waals surface area (Å²) in [4.78, 5) is 14.1. The number of carbonyl (C=O) groups is 1. The van der Waals surface area contributed by atoms with Crippen LogP contribution in [0.4, 0.5) is 4.39 Å². The van der Waals surface area contributed by atoms with Crippen LogP contribution in [0.15, 0.2) is 42.5 Å². The molecule has 1 heterocycles. The van der Waals surface area contributed by atoms with E-state index in [4.69, 9.17) is 14.2 Å². The van der Waals surface area contributed by atoms with Gasteiger partial charge in [-0.05, 0) is 100 Å². The Labute approximate surface area is 220 Å². The van der Waals surface area contributed by atoms with Crippen LogP contribution in [0.3, 0.4) is 0 Å². The van der Waals surface area contributed by atoms with E-state index in [-0.39, 0.29) is 24.6 Å². The number of esters is 1. The van der Waals surface area contributed by atoms with Crippen molar-refractivity contribution in [3.63, 3.8) is 0 Å². The van der Waals surface area contributed by atoms with Crippen LogP contribution in [0.1, 0.15) is 62.0 Å². The third-order valence-corrected chi connectivity index (χ3v) is 6.68. The highest BCUT2D eigenvalue weighted by Gasteiger charge is 2.27. The SMILES string of the molecule is CCOC(=O)/C=C/c1ccc(OCC)cc1[C@@H](C)OC[C@H](O)CN1CCC[C@H]1Cc1ccc(C)c(F)c1. The Hall–Kier alpha value is -2.74. The van der Waals surface area contributed by atoms with E-state index in [0.717, 1.165) is 42.5 Å². The monoisotopic (exact) mass is 513 g/mol. The highest BCUT2D eigenvalue weighted by atomic mass is 19.1. The molecule has 37 heavy (non-hydrogen) atoms. The van der Waals surface area contributed by atoms with Gasteiger partial charge < -0.3 is 19.3 Å². The number of ether oxygens (including phenoxy) is 3. The zero-order valence-electron chi connectivity index (χ0n) is 22.4. The molecule has 0 aliphatic carbocycles. The van der Waals surface area contributed by atoms with Gasteiger partial charge in [0.15, 0.2) is 0 Å². The number of nitrogens with zero attached hydrogens (tertiary/aromatic N) is 1. The third kappa shape index (κ3) is 8.66. The predicted octanol–water partition coefficient (Wildman–Crippen LogP) is 5.25. The Kier molecular flexibility index (Phi) is 11.1. The second-order valence-corrected chi connectivity index (χ2v) is 9.52. The topological polar surface area (TPSA) is 68.2 Å². The molecule has 1 saturated heterocycles. The van der Waals surface area contributed by atoms with Gasteiger partial charge in [-0.15, -0.1) is 0 Å². The van der Waals surface area contributed by atoms with Crippen molar-refractivity contribution in [2.24, 2.45) is 0 Å². The van der Waals surface area contributed by atoms with Gasteiger partial charge in [-0.2, -0.15) is 0 Å². The van der Waals surface area contributed by atoms with E-state index < -0.39 is 12.1 Å². The van der Waals surface area contributed by atoms with Gasteiger partial charge in [0, 0.05) is 18.7 Å². The number of rotatable bonds is 13. The van der Waals surface area contributed by atoms with E-state index in [9.17, 15) is 14.3 Å². The number of likely N-dealkylation sites (tertiary alicyclic amines) is 1. The minimum atomic E-state index is -0.661. The van der Waals surface area contributed by atoms with Crippen molar-refractivity contribution in [1.82, 2.24) is 4.90 Å². The van der Waals surface area contributed by atoms with E-state index in [0.29, 0.717) is 31.1 Å². The first-order chi connectivity index (χ1) is 17.8. The molecule has 2 aromatic rings. The predicted molar refractivity (Wildman–Crippen MR) is 143 cm³/mol. The maximum absolute atomic E-state index is 14.0. The molecule has 2 aromatic carbocycles. The molecule has 3 rings (SSSR count). The first-order valence-corrected chi connectivity index (χ1v) is 13.2. The number of benzene rings is 2. The molecule has 202 valence electrons. The standard InChI is InChI=1S/C30H40FNO5/c1-5-35-27-13-11-24(12-14-30(34)36-6-2)28(18-27)22(4)37-20-26(33)19-32-15-7-8-25(32)16-23-10-9-21(3)29(31)17-23/h9-14,17-18,22,25-26,33H,5-8,15-16,19-20H2,1-4H3/b14-12+/t22-,25+,26-/m1/s1. The first-order valence-electron chi connectivity index (χ1n) is 13.2. The minimum absolute atomic E-state index is 0.170.